The third kappa shape index (κ3) is 3.65. The standard InChI is InChI=1S/C27H46O2/c1-18(2)6-5-7-19(3)23-10-11-24-22-9-8-20-16-21(29)12-15-27(20,17-28)25(22)13-14-26(23,24)4/h8,18-19,21-25,28-29H,5-7,9-17H2,1-4H3/t19-,21-,22-,23-,24+,25+,26+,27+/m0/s1. The molecule has 0 unspecified atom stereocenters. The van der Waals surface area contributed by atoms with Gasteiger partial charge in [0, 0.05) is 5.41 Å². The van der Waals surface area contributed by atoms with Gasteiger partial charge >= 0.3 is 0 Å². The Hall–Kier alpha value is -0.340. The van der Waals surface area contributed by atoms with Crippen LogP contribution in [0, 0.1) is 46.3 Å². The highest BCUT2D eigenvalue weighted by Crippen LogP contribution is 2.67. The van der Waals surface area contributed by atoms with Crippen LogP contribution < -0.4 is 0 Å². The van der Waals surface area contributed by atoms with Gasteiger partial charge < -0.3 is 10.2 Å². The molecule has 0 bridgehead atoms. The minimum absolute atomic E-state index is 0.00948. The summed E-state index contributed by atoms with van der Waals surface area (Å²) in [5.41, 5.74) is 1.90. The van der Waals surface area contributed by atoms with E-state index in [0.717, 1.165) is 48.9 Å². The molecule has 2 heteroatoms. The van der Waals surface area contributed by atoms with Crippen LogP contribution in [0.15, 0.2) is 11.6 Å². The second kappa shape index (κ2) is 8.30. The highest BCUT2D eigenvalue weighted by molar-refractivity contribution is 5.26. The molecule has 8 atom stereocenters. The molecule has 0 aliphatic heterocycles. The summed E-state index contributed by atoms with van der Waals surface area (Å²) in [7, 11) is 0. The average Bonchev–Trinajstić information content (AvgIpc) is 3.04. The van der Waals surface area contributed by atoms with Gasteiger partial charge in [0.25, 0.3) is 0 Å². The normalized spacial score (nSPS) is 45.3. The molecule has 2 N–H and O–H groups in total. The van der Waals surface area contributed by atoms with Crippen molar-refractivity contribution in [1.82, 2.24) is 0 Å². The van der Waals surface area contributed by atoms with Crippen molar-refractivity contribution >= 4 is 0 Å². The maximum absolute atomic E-state index is 10.6. The first kappa shape index (κ1) is 21.9. The van der Waals surface area contributed by atoms with E-state index >= 15 is 0 Å². The summed E-state index contributed by atoms with van der Waals surface area (Å²) >= 11 is 0. The predicted octanol–water partition coefficient (Wildman–Crippen LogP) is 6.36. The minimum atomic E-state index is -0.186. The summed E-state index contributed by atoms with van der Waals surface area (Å²) in [5, 5.41) is 20.8. The monoisotopic (exact) mass is 402 g/mol. The Balaban J connectivity index is 1.51. The van der Waals surface area contributed by atoms with Gasteiger partial charge in [0.2, 0.25) is 0 Å². The van der Waals surface area contributed by atoms with E-state index in [1.165, 1.54) is 56.9 Å². The van der Waals surface area contributed by atoms with Crippen LogP contribution in [0.25, 0.3) is 0 Å². The van der Waals surface area contributed by atoms with E-state index < -0.39 is 0 Å². The van der Waals surface area contributed by atoms with Crippen molar-refractivity contribution in [2.75, 3.05) is 6.61 Å². The average molecular weight is 403 g/mol. The Morgan fingerprint density at radius 2 is 1.83 bits per heavy atom. The van der Waals surface area contributed by atoms with Crippen LogP contribution in [0.1, 0.15) is 98.3 Å². The topological polar surface area (TPSA) is 40.5 Å². The molecular formula is C27H46O2. The van der Waals surface area contributed by atoms with Gasteiger partial charge in [-0.05, 0) is 92.3 Å². The molecular weight excluding hydrogens is 356 g/mol. The quantitative estimate of drug-likeness (QED) is 0.507. The summed E-state index contributed by atoms with van der Waals surface area (Å²) in [6.07, 6.45) is 15.8. The molecule has 0 saturated heterocycles. The van der Waals surface area contributed by atoms with Gasteiger partial charge in [-0.15, -0.1) is 0 Å². The van der Waals surface area contributed by atoms with Gasteiger partial charge in [0.15, 0.2) is 0 Å². The molecule has 0 aromatic carbocycles. The zero-order valence-corrected chi connectivity index (χ0v) is 19.5. The van der Waals surface area contributed by atoms with Crippen LogP contribution in [0.5, 0.6) is 0 Å². The molecule has 3 fully saturated rings. The van der Waals surface area contributed by atoms with E-state index in [1.807, 2.05) is 0 Å². The van der Waals surface area contributed by atoms with Crippen molar-refractivity contribution in [3.8, 4) is 0 Å². The van der Waals surface area contributed by atoms with Crippen LogP contribution in [0.3, 0.4) is 0 Å². The van der Waals surface area contributed by atoms with Crippen LogP contribution in [-0.4, -0.2) is 22.9 Å². The first-order valence-corrected chi connectivity index (χ1v) is 12.8. The fraction of sp³-hybridized carbons (Fsp3) is 0.926. The first-order valence-electron chi connectivity index (χ1n) is 12.8. The van der Waals surface area contributed by atoms with E-state index in [0.29, 0.717) is 17.9 Å². The number of allylic oxidation sites excluding steroid dienone is 1. The summed E-state index contributed by atoms with van der Waals surface area (Å²) in [6, 6.07) is 0. The molecule has 0 aromatic heterocycles. The van der Waals surface area contributed by atoms with E-state index in [4.69, 9.17) is 0 Å². The van der Waals surface area contributed by atoms with E-state index in [9.17, 15) is 10.2 Å². The van der Waals surface area contributed by atoms with Gasteiger partial charge in [-0.2, -0.15) is 0 Å². The lowest BCUT2D eigenvalue weighted by molar-refractivity contribution is -0.0795. The molecule has 29 heavy (non-hydrogen) atoms. The Kier molecular flexibility index (Phi) is 6.26. The SMILES string of the molecule is CC(C)CCC[C@H](C)[C@@H]1CC[C@@H]2[C@@H]3CC=C4C[C@@H](O)CC[C@]4(CO)[C@@H]3CC[C@@]21C. The van der Waals surface area contributed by atoms with Gasteiger partial charge in [-0.3, -0.25) is 0 Å². The molecule has 4 aliphatic carbocycles. The second-order valence-corrected chi connectivity index (χ2v) is 12.1. The van der Waals surface area contributed by atoms with Crippen LogP contribution in [0.2, 0.25) is 0 Å². The van der Waals surface area contributed by atoms with Gasteiger partial charge in [-0.25, -0.2) is 0 Å². The van der Waals surface area contributed by atoms with Crippen molar-refractivity contribution < 1.29 is 10.2 Å². The minimum Gasteiger partial charge on any atom is -0.395 e. The maximum atomic E-state index is 10.6. The van der Waals surface area contributed by atoms with E-state index in [-0.39, 0.29) is 11.5 Å². The maximum Gasteiger partial charge on any atom is 0.0577 e. The van der Waals surface area contributed by atoms with E-state index in [1.54, 1.807) is 0 Å². The Morgan fingerprint density at radius 1 is 1.03 bits per heavy atom. The Morgan fingerprint density at radius 3 is 2.55 bits per heavy atom. The summed E-state index contributed by atoms with van der Waals surface area (Å²) in [6.45, 7) is 10.2. The van der Waals surface area contributed by atoms with Crippen molar-refractivity contribution in [1.29, 1.82) is 0 Å². The Bertz CT molecular complexity index is 610. The highest BCUT2D eigenvalue weighted by atomic mass is 16.3. The smallest absolute Gasteiger partial charge is 0.0577 e. The number of aliphatic hydroxyl groups is 2. The molecule has 0 amide bonds. The Labute approximate surface area is 179 Å². The van der Waals surface area contributed by atoms with Crippen LogP contribution >= 0.6 is 0 Å². The summed E-state index contributed by atoms with van der Waals surface area (Å²) in [4.78, 5) is 0. The molecule has 4 rings (SSSR count). The number of hydrogen-bond donors (Lipinski definition) is 2. The highest BCUT2D eigenvalue weighted by Gasteiger charge is 2.60. The number of fused-ring (bicyclic) bond motifs is 5. The lowest BCUT2D eigenvalue weighted by atomic mass is 9.46. The number of hydrogen-bond acceptors (Lipinski definition) is 2. The molecule has 4 aliphatic rings. The molecule has 166 valence electrons. The van der Waals surface area contributed by atoms with Crippen LogP contribution in [-0.2, 0) is 0 Å². The molecule has 0 heterocycles. The van der Waals surface area contributed by atoms with Crippen molar-refractivity contribution in [3.63, 3.8) is 0 Å². The van der Waals surface area contributed by atoms with Crippen LogP contribution in [0.4, 0.5) is 0 Å². The lowest BCUT2D eigenvalue weighted by Gasteiger charge is -2.59. The lowest BCUT2D eigenvalue weighted by Crippen LogP contribution is -2.53. The summed E-state index contributed by atoms with van der Waals surface area (Å²) in [5.74, 6) is 4.82. The van der Waals surface area contributed by atoms with Crippen molar-refractivity contribution in [2.45, 2.75) is 104 Å². The first-order chi connectivity index (χ1) is 13.8. The van der Waals surface area contributed by atoms with Gasteiger partial charge in [0.1, 0.15) is 0 Å². The molecule has 0 spiro atoms. The third-order valence-corrected chi connectivity index (χ3v) is 10.3. The third-order valence-electron chi connectivity index (χ3n) is 10.3. The number of rotatable bonds is 6. The fourth-order valence-corrected chi connectivity index (χ4v) is 8.76. The largest absolute Gasteiger partial charge is 0.395 e. The molecule has 0 radical (unpaired) electrons. The fourth-order valence-electron chi connectivity index (χ4n) is 8.76. The van der Waals surface area contributed by atoms with E-state index in [2.05, 4.69) is 33.8 Å². The van der Waals surface area contributed by atoms with Gasteiger partial charge in [0.05, 0.1) is 12.7 Å². The zero-order chi connectivity index (χ0) is 20.8. The zero-order valence-electron chi connectivity index (χ0n) is 19.5. The summed E-state index contributed by atoms with van der Waals surface area (Å²) < 4.78 is 0. The van der Waals surface area contributed by atoms with Gasteiger partial charge in [-0.1, -0.05) is 58.6 Å². The second-order valence-electron chi connectivity index (χ2n) is 12.1. The van der Waals surface area contributed by atoms with Crippen molar-refractivity contribution in [3.05, 3.63) is 11.6 Å². The van der Waals surface area contributed by atoms with Crippen molar-refractivity contribution in [2.24, 2.45) is 46.3 Å². The molecule has 2 nitrogen and oxygen atoms in total. The molecule has 3 saturated carbocycles. The molecule has 0 aromatic rings. The number of aliphatic hydroxyl groups excluding tert-OH is 2. The predicted molar refractivity (Wildman–Crippen MR) is 120 cm³/mol.